The quantitative estimate of drug-likeness (QED) is 0.389. The summed E-state index contributed by atoms with van der Waals surface area (Å²) in [4.78, 5) is 0. The third kappa shape index (κ3) is 5.95. The van der Waals surface area contributed by atoms with Crippen molar-refractivity contribution in [2.45, 2.75) is 59.0 Å². The smallest absolute Gasteiger partial charge is 0.165 e. The van der Waals surface area contributed by atoms with Crippen molar-refractivity contribution in [1.29, 1.82) is 0 Å². The summed E-state index contributed by atoms with van der Waals surface area (Å²) in [5.41, 5.74) is 4.80. The van der Waals surface area contributed by atoms with E-state index in [0.29, 0.717) is 19.0 Å². The molecule has 3 rings (SSSR count). The Morgan fingerprint density at radius 3 is 2.19 bits per heavy atom. The maximum atomic E-state index is 14.2. The van der Waals surface area contributed by atoms with Gasteiger partial charge in [0.25, 0.3) is 0 Å². The molecule has 31 heavy (non-hydrogen) atoms. The van der Waals surface area contributed by atoms with Crippen molar-refractivity contribution < 1.29 is 13.9 Å². The molecule has 0 aliphatic heterocycles. The molecule has 0 radical (unpaired) electrons. The minimum atomic E-state index is -0.387. The summed E-state index contributed by atoms with van der Waals surface area (Å²) in [6.07, 6.45) is 0. The van der Waals surface area contributed by atoms with Crippen LogP contribution in [0.3, 0.4) is 0 Å². The lowest BCUT2D eigenvalue weighted by Gasteiger charge is -2.28. The van der Waals surface area contributed by atoms with Gasteiger partial charge in [-0.15, -0.1) is 0 Å². The minimum absolute atomic E-state index is 0.130. The van der Waals surface area contributed by atoms with E-state index in [9.17, 15) is 4.39 Å². The Labute approximate surface area is 186 Å². The number of benzene rings is 3. The zero-order valence-corrected chi connectivity index (χ0v) is 19.5. The van der Waals surface area contributed by atoms with E-state index in [1.165, 1.54) is 22.8 Å². The van der Waals surface area contributed by atoms with Gasteiger partial charge < -0.3 is 9.47 Å². The molecule has 0 N–H and O–H groups in total. The Kier molecular flexibility index (Phi) is 6.86. The van der Waals surface area contributed by atoms with Crippen LogP contribution in [0.15, 0.2) is 66.7 Å². The highest BCUT2D eigenvalue weighted by atomic mass is 19.1. The molecule has 0 amide bonds. The third-order valence-electron chi connectivity index (χ3n) is 5.51. The highest BCUT2D eigenvalue weighted by Crippen LogP contribution is 2.31. The van der Waals surface area contributed by atoms with E-state index in [1.54, 1.807) is 24.3 Å². The second-order valence-corrected chi connectivity index (χ2v) is 9.84. The van der Waals surface area contributed by atoms with E-state index in [4.69, 9.17) is 9.47 Å². The van der Waals surface area contributed by atoms with Crippen LogP contribution >= 0.6 is 0 Å². The van der Waals surface area contributed by atoms with Crippen LogP contribution in [0.2, 0.25) is 0 Å². The predicted molar refractivity (Wildman–Crippen MR) is 125 cm³/mol. The predicted octanol–water partition coefficient (Wildman–Crippen LogP) is 7.72. The second kappa shape index (κ2) is 9.23. The van der Waals surface area contributed by atoms with Gasteiger partial charge in [-0.05, 0) is 58.9 Å². The second-order valence-electron chi connectivity index (χ2n) is 9.84. The van der Waals surface area contributed by atoms with E-state index in [1.807, 2.05) is 18.2 Å². The fourth-order valence-electron chi connectivity index (χ4n) is 3.76. The Morgan fingerprint density at radius 1 is 0.839 bits per heavy atom. The lowest BCUT2D eigenvalue weighted by molar-refractivity contribution is 0.0823. The number of ether oxygens (including phenoxy) is 2. The molecule has 0 heterocycles. The molecule has 164 valence electrons. The number of halogens is 1. The van der Waals surface area contributed by atoms with Gasteiger partial charge in [0.1, 0.15) is 5.75 Å². The Bertz CT molecular complexity index is 1020. The topological polar surface area (TPSA) is 18.5 Å². The monoisotopic (exact) mass is 420 g/mol. The Hall–Kier alpha value is -2.65. The molecule has 0 atom stereocenters. The molecular formula is C28H33FO2. The number of rotatable bonds is 7. The summed E-state index contributed by atoms with van der Waals surface area (Å²) in [6, 6.07) is 20.8. The molecule has 2 nitrogen and oxygen atoms in total. The molecule has 0 fully saturated rings. The Morgan fingerprint density at radius 2 is 1.55 bits per heavy atom. The fraction of sp³-hybridized carbons (Fsp3) is 0.357. The summed E-state index contributed by atoms with van der Waals surface area (Å²) in [6.45, 7) is 14.2. The maximum Gasteiger partial charge on any atom is 0.165 e. The molecule has 3 aromatic carbocycles. The van der Waals surface area contributed by atoms with Crippen LogP contribution in [0, 0.1) is 12.7 Å². The zero-order chi connectivity index (χ0) is 22.6. The van der Waals surface area contributed by atoms with Crippen LogP contribution in [-0.2, 0) is 22.2 Å². The third-order valence-corrected chi connectivity index (χ3v) is 5.51. The fourth-order valence-corrected chi connectivity index (χ4v) is 3.76. The molecule has 0 saturated carbocycles. The van der Waals surface area contributed by atoms with Gasteiger partial charge in [-0.25, -0.2) is 4.39 Å². The number of para-hydroxylation sites is 1. The van der Waals surface area contributed by atoms with Gasteiger partial charge in [-0.3, -0.25) is 0 Å². The summed E-state index contributed by atoms with van der Waals surface area (Å²) >= 11 is 0. The van der Waals surface area contributed by atoms with Crippen LogP contribution in [0.25, 0.3) is 0 Å². The van der Waals surface area contributed by atoms with Gasteiger partial charge in [-0.2, -0.15) is 0 Å². The van der Waals surface area contributed by atoms with Crippen LogP contribution in [0.4, 0.5) is 4.39 Å². The average molecular weight is 421 g/mol. The molecular weight excluding hydrogens is 387 g/mol. The van der Waals surface area contributed by atoms with Crippen molar-refractivity contribution in [3.05, 3.63) is 94.8 Å². The number of aryl methyl sites for hydroxylation is 1. The van der Waals surface area contributed by atoms with Crippen molar-refractivity contribution in [3.8, 4) is 11.5 Å². The maximum absolute atomic E-state index is 14.2. The van der Waals surface area contributed by atoms with Gasteiger partial charge in [-0.1, -0.05) is 77.1 Å². The highest BCUT2D eigenvalue weighted by Gasteiger charge is 2.24. The molecule has 3 aromatic rings. The van der Waals surface area contributed by atoms with E-state index in [2.05, 4.69) is 59.7 Å². The van der Waals surface area contributed by atoms with Crippen LogP contribution in [0.1, 0.15) is 56.9 Å². The Balaban J connectivity index is 1.65. The standard InChI is InChI=1S/C28H33FO2/c1-20-16-22(13-14-24(20)27(2,3)4)28(5,6)19-30-18-21-12-15-25(29)26(17-21)31-23-10-8-7-9-11-23/h7-17H,18-19H2,1-6H3. The SMILES string of the molecule is Cc1cc(C(C)(C)COCc2ccc(F)c(Oc3ccccc3)c2)ccc1C(C)(C)C. The van der Waals surface area contributed by atoms with E-state index < -0.39 is 0 Å². The normalized spacial score (nSPS) is 12.1. The molecule has 0 saturated heterocycles. The van der Waals surface area contributed by atoms with Gasteiger partial charge in [0.15, 0.2) is 11.6 Å². The van der Waals surface area contributed by atoms with E-state index >= 15 is 0 Å². The molecule has 0 aromatic heterocycles. The molecule has 0 bridgehead atoms. The van der Waals surface area contributed by atoms with E-state index in [-0.39, 0.29) is 22.4 Å². The number of hydrogen-bond donors (Lipinski definition) is 0. The largest absolute Gasteiger partial charge is 0.454 e. The van der Waals surface area contributed by atoms with Gasteiger partial charge in [0.2, 0.25) is 0 Å². The number of hydrogen-bond acceptors (Lipinski definition) is 2. The average Bonchev–Trinajstić information content (AvgIpc) is 2.70. The van der Waals surface area contributed by atoms with Crippen molar-refractivity contribution in [2.75, 3.05) is 6.61 Å². The summed E-state index contributed by atoms with van der Waals surface area (Å²) in [5.74, 6) is 0.428. The van der Waals surface area contributed by atoms with Crippen molar-refractivity contribution in [1.82, 2.24) is 0 Å². The first-order valence-electron chi connectivity index (χ1n) is 10.8. The first-order chi connectivity index (χ1) is 14.6. The highest BCUT2D eigenvalue weighted by molar-refractivity contribution is 5.38. The first kappa shape index (κ1) is 23.0. The van der Waals surface area contributed by atoms with Crippen molar-refractivity contribution in [3.63, 3.8) is 0 Å². The molecule has 0 unspecified atom stereocenters. The summed E-state index contributed by atoms with van der Waals surface area (Å²) < 4.78 is 25.9. The van der Waals surface area contributed by atoms with Crippen LogP contribution < -0.4 is 4.74 Å². The zero-order valence-electron chi connectivity index (χ0n) is 19.5. The van der Waals surface area contributed by atoms with Gasteiger partial charge in [0.05, 0.1) is 13.2 Å². The molecule has 0 aliphatic carbocycles. The summed E-state index contributed by atoms with van der Waals surface area (Å²) in [7, 11) is 0. The van der Waals surface area contributed by atoms with Gasteiger partial charge in [0, 0.05) is 5.41 Å². The molecule has 0 aliphatic rings. The molecule has 3 heteroatoms. The summed E-state index contributed by atoms with van der Waals surface area (Å²) in [5, 5.41) is 0. The van der Waals surface area contributed by atoms with Crippen LogP contribution in [-0.4, -0.2) is 6.61 Å². The van der Waals surface area contributed by atoms with Crippen molar-refractivity contribution >= 4 is 0 Å². The molecule has 0 spiro atoms. The minimum Gasteiger partial charge on any atom is -0.454 e. The van der Waals surface area contributed by atoms with Crippen molar-refractivity contribution in [2.24, 2.45) is 0 Å². The van der Waals surface area contributed by atoms with Crippen LogP contribution in [0.5, 0.6) is 11.5 Å². The van der Waals surface area contributed by atoms with Gasteiger partial charge >= 0.3 is 0 Å². The lowest BCUT2D eigenvalue weighted by atomic mass is 9.79. The lowest BCUT2D eigenvalue weighted by Crippen LogP contribution is -2.25. The van der Waals surface area contributed by atoms with E-state index in [0.717, 1.165) is 5.56 Å². The first-order valence-corrected chi connectivity index (χ1v) is 10.8.